The minimum Gasteiger partial charge on any atom is -0.478 e. The number of nitrogens with zero attached hydrogens (tertiary/aromatic N) is 3. The van der Waals surface area contributed by atoms with Crippen molar-refractivity contribution in [2.75, 3.05) is 0 Å². The Hall–Kier alpha value is -1.47. The maximum atomic E-state index is 11.3. The molecule has 0 radical (unpaired) electrons. The van der Waals surface area contributed by atoms with Crippen molar-refractivity contribution in [1.29, 1.82) is 0 Å². The first-order valence-corrected chi connectivity index (χ1v) is 7.40. The Morgan fingerprint density at radius 1 is 1.37 bits per heavy atom. The van der Waals surface area contributed by atoms with E-state index in [4.69, 9.17) is 0 Å². The molecule has 0 aliphatic heterocycles. The van der Waals surface area contributed by atoms with Crippen LogP contribution in [0.15, 0.2) is 11.2 Å². The van der Waals surface area contributed by atoms with Crippen molar-refractivity contribution in [2.24, 2.45) is 0 Å². The van der Waals surface area contributed by atoms with Crippen LogP contribution in [0.2, 0.25) is 0 Å². The van der Waals surface area contributed by atoms with Gasteiger partial charge in [-0.3, -0.25) is 0 Å². The molecule has 2 rings (SSSR count). The van der Waals surface area contributed by atoms with Crippen molar-refractivity contribution in [3.05, 3.63) is 33.2 Å². The molecule has 5 nitrogen and oxygen atoms in total. The fourth-order valence-electron chi connectivity index (χ4n) is 1.64. The zero-order chi connectivity index (χ0) is 14.0. The van der Waals surface area contributed by atoms with Gasteiger partial charge in [0.15, 0.2) is 0 Å². The van der Waals surface area contributed by atoms with Crippen molar-refractivity contribution in [2.45, 2.75) is 31.6 Å². The highest BCUT2D eigenvalue weighted by molar-refractivity contribution is 7.98. The molecule has 0 saturated carbocycles. The zero-order valence-corrected chi connectivity index (χ0v) is 12.4. The van der Waals surface area contributed by atoms with Crippen LogP contribution in [0.4, 0.5) is 0 Å². The molecule has 100 valence electrons. The minimum atomic E-state index is -0.986. The number of thioether (sulfide) groups is 1. The highest BCUT2D eigenvalue weighted by Gasteiger charge is 2.17. The highest BCUT2D eigenvalue weighted by atomic mass is 32.2. The van der Waals surface area contributed by atoms with Crippen LogP contribution in [0.1, 0.15) is 31.8 Å². The summed E-state index contributed by atoms with van der Waals surface area (Å²) >= 11 is 3.02. The number of rotatable bonds is 4. The summed E-state index contributed by atoms with van der Waals surface area (Å²) in [5, 5.41) is 10.8. The second-order valence-electron chi connectivity index (χ2n) is 3.98. The van der Waals surface area contributed by atoms with Gasteiger partial charge in [-0.15, -0.1) is 11.3 Å². The van der Waals surface area contributed by atoms with Crippen molar-refractivity contribution in [3.8, 4) is 0 Å². The van der Waals surface area contributed by atoms with Crippen LogP contribution in [-0.2, 0) is 5.75 Å². The summed E-state index contributed by atoms with van der Waals surface area (Å²) in [7, 11) is 0. The van der Waals surface area contributed by atoms with Gasteiger partial charge in [0.1, 0.15) is 16.4 Å². The number of aromatic nitrogens is 3. The van der Waals surface area contributed by atoms with Crippen LogP contribution in [-0.4, -0.2) is 26.0 Å². The number of carboxylic acid groups (broad SMARTS) is 1. The molecule has 2 heterocycles. The molecule has 0 fully saturated rings. The largest absolute Gasteiger partial charge is 0.478 e. The maximum absolute atomic E-state index is 11.3. The van der Waals surface area contributed by atoms with Crippen LogP contribution in [0.3, 0.4) is 0 Å². The third kappa shape index (κ3) is 3.30. The Balaban J connectivity index is 2.26. The molecule has 0 atom stereocenters. The number of thiazole rings is 1. The van der Waals surface area contributed by atoms with E-state index in [0.717, 1.165) is 9.88 Å². The van der Waals surface area contributed by atoms with Gasteiger partial charge in [-0.2, -0.15) is 0 Å². The smallest absolute Gasteiger partial charge is 0.340 e. The van der Waals surface area contributed by atoms with E-state index in [-0.39, 0.29) is 5.56 Å². The number of hydrogen-bond acceptors (Lipinski definition) is 6. The van der Waals surface area contributed by atoms with Gasteiger partial charge in [0.2, 0.25) is 0 Å². The first-order chi connectivity index (χ1) is 8.97. The van der Waals surface area contributed by atoms with Crippen LogP contribution in [0, 0.1) is 20.8 Å². The summed E-state index contributed by atoms with van der Waals surface area (Å²) in [4.78, 5) is 24.9. The zero-order valence-electron chi connectivity index (χ0n) is 10.8. The Kier molecular flexibility index (Phi) is 4.16. The van der Waals surface area contributed by atoms with E-state index in [1.54, 1.807) is 25.2 Å². The van der Waals surface area contributed by atoms with E-state index in [0.29, 0.717) is 22.3 Å². The molecule has 0 spiro atoms. The summed E-state index contributed by atoms with van der Waals surface area (Å²) < 4.78 is 0. The van der Waals surface area contributed by atoms with Gasteiger partial charge in [0, 0.05) is 16.8 Å². The van der Waals surface area contributed by atoms with Gasteiger partial charge >= 0.3 is 5.97 Å². The van der Waals surface area contributed by atoms with E-state index in [2.05, 4.69) is 15.0 Å². The molecule has 0 unspecified atom stereocenters. The quantitative estimate of drug-likeness (QED) is 0.690. The summed E-state index contributed by atoms with van der Waals surface area (Å²) in [5.74, 6) is 0.271. The van der Waals surface area contributed by atoms with Gasteiger partial charge in [-0.05, 0) is 20.8 Å². The fourth-order valence-corrected chi connectivity index (χ4v) is 3.58. The molecule has 0 aliphatic carbocycles. The standard InChI is InChI=1S/C12H13N3O2S2/c1-6-10(12(16)17)11(15-7(2)14-6)18-5-9-4-13-8(3)19-9/h4H,5H2,1-3H3,(H,16,17). The number of aromatic carboxylic acids is 1. The van der Waals surface area contributed by atoms with E-state index in [1.165, 1.54) is 11.8 Å². The molecule has 0 saturated heterocycles. The molecular formula is C12H13N3O2S2. The van der Waals surface area contributed by atoms with Crippen molar-refractivity contribution >= 4 is 29.1 Å². The summed E-state index contributed by atoms with van der Waals surface area (Å²) in [5.41, 5.74) is 0.694. The molecule has 0 amide bonds. The van der Waals surface area contributed by atoms with Crippen molar-refractivity contribution < 1.29 is 9.90 Å². The predicted molar refractivity (Wildman–Crippen MR) is 74.9 cm³/mol. The maximum Gasteiger partial charge on any atom is 0.340 e. The van der Waals surface area contributed by atoms with Crippen LogP contribution < -0.4 is 0 Å². The highest BCUT2D eigenvalue weighted by Crippen LogP contribution is 2.28. The summed E-state index contributed by atoms with van der Waals surface area (Å²) in [6, 6.07) is 0. The molecule has 7 heteroatoms. The Morgan fingerprint density at radius 3 is 2.68 bits per heavy atom. The van der Waals surface area contributed by atoms with Gasteiger partial charge in [0.25, 0.3) is 0 Å². The average Bonchev–Trinajstić information content (AvgIpc) is 2.71. The van der Waals surface area contributed by atoms with Crippen molar-refractivity contribution in [3.63, 3.8) is 0 Å². The topological polar surface area (TPSA) is 76.0 Å². The van der Waals surface area contributed by atoms with Crippen LogP contribution in [0.5, 0.6) is 0 Å². The average molecular weight is 295 g/mol. The van der Waals surface area contributed by atoms with E-state index >= 15 is 0 Å². The molecule has 19 heavy (non-hydrogen) atoms. The van der Waals surface area contributed by atoms with Crippen LogP contribution >= 0.6 is 23.1 Å². The van der Waals surface area contributed by atoms with Gasteiger partial charge in [0.05, 0.1) is 10.7 Å². The molecule has 0 aromatic carbocycles. The Labute approximate surface area is 119 Å². The lowest BCUT2D eigenvalue weighted by atomic mass is 10.2. The number of carbonyl (C=O) groups is 1. The van der Waals surface area contributed by atoms with Gasteiger partial charge < -0.3 is 5.11 Å². The molecule has 0 aliphatic rings. The monoisotopic (exact) mass is 295 g/mol. The van der Waals surface area contributed by atoms with E-state index in [9.17, 15) is 9.90 Å². The Bertz CT molecular complexity index is 625. The number of aryl methyl sites for hydroxylation is 3. The summed E-state index contributed by atoms with van der Waals surface area (Å²) in [6.07, 6.45) is 1.81. The molecule has 2 aromatic heterocycles. The predicted octanol–water partition coefficient (Wildman–Crippen LogP) is 2.85. The lowest BCUT2D eigenvalue weighted by Gasteiger charge is -2.07. The number of carboxylic acids is 1. The van der Waals surface area contributed by atoms with Crippen molar-refractivity contribution in [1.82, 2.24) is 15.0 Å². The normalized spacial score (nSPS) is 10.7. The third-order valence-electron chi connectivity index (χ3n) is 2.40. The lowest BCUT2D eigenvalue weighted by molar-refractivity contribution is 0.0690. The summed E-state index contributed by atoms with van der Waals surface area (Å²) in [6.45, 7) is 5.40. The first kappa shape index (κ1) is 14.0. The Morgan fingerprint density at radius 2 is 2.11 bits per heavy atom. The number of hydrogen-bond donors (Lipinski definition) is 1. The van der Waals surface area contributed by atoms with Gasteiger partial charge in [-0.25, -0.2) is 19.7 Å². The molecule has 2 aromatic rings. The first-order valence-electron chi connectivity index (χ1n) is 5.60. The van der Waals surface area contributed by atoms with E-state index in [1.807, 2.05) is 13.1 Å². The minimum absolute atomic E-state index is 0.192. The van der Waals surface area contributed by atoms with Crippen LogP contribution in [0.25, 0.3) is 0 Å². The SMILES string of the molecule is Cc1nc(C)c(C(=O)O)c(SCc2cnc(C)s2)n1. The van der Waals surface area contributed by atoms with Gasteiger partial charge in [-0.1, -0.05) is 11.8 Å². The lowest BCUT2D eigenvalue weighted by Crippen LogP contribution is -2.08. The molecular weight excluding hydrogens is 282 g/mol. The second-order valence-corrected chi connectivity index (χ2v) is 6.26. The molecule has 0 bridgehead atoms. The fraction of sp³-hybridized carbons (Fsp3) is 0.333. The second kappa shape index (κ2) is 5.66. The molecule has 1 N–H and O–H groups in total. The third-order valence-corrected chi connectivity index (χ3v) is 4.52. The van der Waals surface area contributed by atoms with E-state index < -0.39 is 5.97 Å².